The molecule has 2 aliphatic rings. The molecule has 0 radical (unpaired) electrons. The molecule has 4 aromatic carbocycles. The number of fused-ring (bicyclic) bond motifs is 2. The molecule has 6 rings (SSSR count). The van der Waals surface area contributed by atoms with Gasteiger partial charge in [0.25, 0.3) is 10.0 Å². The van der Waals surface area contributed by atoms with E-state index >= 15 is 0 Å². The van der Waals surface area contributed by atoms with Crippen molar-refractivity contribution >= 4 is 10.0 Å². The summed E-state index contributed by atoms with van der Waals surface area (Å²) in [4.78, 5) is 0.186. The average molecular weight is 542 g/mol. The molecule has 2 aliphatic heterocycles. The Labute approximate surface area is 227 Å². The highest BCUT2D eigenvalue weighted by Gasteiger charge is 2.34. The lowest BCUT2D eigenvalue weighted by atomic mass is 9.89. The van der Waals surface area contributed by atoms with Gasteiger partial charge in [-0.15, -0.1) is 0 Å². The van der Waals surface area contributed by atoms with Gasteiger partial charge in [-0.25, -0.2) is 12.7 Å². The van der Waals surface area contributed by atoms with E-state index in [1.165, 1.54) is 4.31 Å². The minimum absolute atomic E-state index is 0.0953. The Morgan fingerprint density at radius 3 is 2.26 bits per heavy atom. The lowest BCUT2D eigenvalue weighted by Gasteiger charge is -2.32. The summed E-state index contributed by atoms with van der Waals surface area (Å²) in [6.45, 7) is 2.14. The zero-order valence-electron chi connectivity index (χ0n) is 21.5. The van der Waals surface area contributed by atoms with Gasteiger partial charge in [-0.1, -0.05) is 60.2 Å². The van der Waals surface area contributed by atoms with Crippen molar-refractivity contribution in [3.05, 3.63) is 125 Å². The van der Waals surface area contributed by atoms with Crippen LogP contribution in [0.4, 0.5) is 0 Å². The molecule has 1 atom stereocenters. The molecule has 0 saturated carbocycles. The fraction of sp³-hybridized carbons (Fsp3) is 0.161. The van der Waals surface area contributed by atoms with Crippen LogP contribution >= 0.6 is 0 Å². The maximum absolute atomic E-state index is 14.1. The molecule has 0 spiro atoms. The zero-order valence-corrected chi connectivity index (χ0v) is 22.4. The summed E-state index contributed by atoms with van der Waals surface area (Å²) in [6.07, 6.45) is 1.85. The molecule has 1 unspecified atom stereocenters. The smallest absolute Gasteiger partial charge is 0.266 e. The first-order valence-corrected chi connectivity index (χ1v) is 14.0. The number of hydrogen-bond acceptors (Lipinski definition) is 6. The summed E-state index contributed by atoms with van der Waals surface area (Å²) < 4.78 is 52.5. The molecular weight excluding hydrogens is 514 g/mol. The van der Waals surface area contributed by atoms with Gasteiger partial charge in [0.05, 0.1) is 18.6 Å². The third-order valence-corrected chi connectivity index (χ3v) is 8.62. The van der Waals surface area contributed by atoms with Crippen LogP contribution in [0.25, 0.3) is 0 Å². The molecule has 2 heterocycles. The van der Waals surface area contributed by atoms with Crippen LogP contribution in [0.3, 0.4) is 0 Å². The van der Waals surface area contributed by atoms with E-state index in [2.05, 4.69) is 0 Å². The van der Waals surface area contributed by atoms with E-state index in [1.54, 1.807) is 37.4 Å². The van der Waals surface area contributed by atoms with Crippen LogP contribution in [0.1, 0.15) is 28.2 Å². The zero-order chi connectivity index (χ0) is 27.0. The normalized spacial score (nSPS) is 15.6. The van der Waals surface area contributed by atoms with Crippen molar-refractivity contribution in [1.29, 1.82) is 0 Å². The number of sulfonamides is 1. The third kappa shape index (κ3) is 4.79. The fourth-order valence-corrected chi connectivity index (χ4v) is 6.13. The SMILES string of the molecule is COc1ccc(C2C=C(N(Cc3ccccc3)S(=O)(=O)c3ccc(C)cc3)Oc3cc4c(cc32)OCO4)cc1. The number of hydrogen-bond donors (Lipinski definition) is 0. The maximum atomic E-state index is 14.1. The summed E-state index contributed by atoms with van der Waals surface area (Å²) in [6, 6.07) is 27.7. The van der Waals surface area contributed by atoms with Gasteiger partial charge < -0.3 is 18.9 Å². The summed E-state index contributed by atoms with van der Waals surface area (Å²) >= 11 is 0. The molecule has 0 amide bonds. The Bertz CT molecular complexity index is 1630. The second-order valence-electron chi connectivity index (χ2n) is 9.41. The van der Waals surface area contributed by atoms with Crippen molar-refractivity contribution in [2.75, 3.05) is 13.9 Å². The maximum Gasteiger partial charge on any atom is 0.266 e. The second-order valence-corrected chi connectivity index (χ2v) is 11.3. The first-order valence-electron chi connectivity index (χ1n) is 12.5. The van der Waals surface area contributed by atoms with E-state index < -0.39 is 10.0 Å². The lowest BCUT2D eigenvalue weighted by Crippen LogP contribution is -2.34. The van der Waals surface area contributed by atoms with Gasteiger partial charge >= 0.3 is 0 Å². The molecule has 0 aromatic heterocycles. The molecule has 0 N–H and O–H groups in total. The quantitative estimate of drug-likeness (QED) is 0.286. The predicted octanol–water partition coefficient (Wildman–Crippen LogP) is 5.99. The van der Waals surface area contributed by atoms with Gasteiger partial charge in [0, 0.05) is 17.5 Å². The van der Waals surface area contributed by atoms with Gasteiger partial charge in [0.2, 0.25) is 12.7 Å². The van der Waals surface area contributed by atoms with E-state index in [4.69, 9.17) is 18.9 Å². The molecule has 7 nitrogen and oxygen atoms in total. The lowest BCUT2D eigenvalue weighted by molar-refractivity contribution is 0.174. The molecule has 0 aliphatic carbocycles. The minimum atomic E-state index is -3.98. The Kier molecular flexibility index (Phi) is 6.40. The summed E-state index contributed by atoms with van der Waals surface area (Å²) in [5.74, 6) is 2.33. The predicted molar refractivity (Wildman–Crippen MR) is 146 cm³/mol. The molecule has 0 saturated heterocycles. The summed E-state index contributed by atoms with van der Waals surface area (Å²) in [5.41, 5.74) is 3.60. The van der Waals surface area contributed by atoms with Crippen molar-refractivity contribution in [1.82, 2.24) is 4.31 Å². The van der Waals surface area contributed by atoms with E-state index in [0.29, 0.717) is 17.2 Å². The van der Waals surface area contributed by atoms with Gasteiger partial charge in [-0.05, 0) is 54.5 Å². The number of ether oxygens (including phenoxy) is 4. The van der Waals surface area contributed by atoms with Gasteiger partial charge in [-0.3, -0.25) is 0 Å². The van der Waals surface area contributed by atoms with E-state index in [0.717, 1.165) is 28.0 Å². The van der Waals surface area contributed by atoms with Crippen LogP contribution in [0.15, 0.2) is 108 Å². The standard InChI is InChI=1S/C31H27NO6S/c1-21-8-14-25(15-9-21)39(33,34)32(19-22-6-4-3-5-7-22)31-17-26(23-10-12-24(35-2)13-11-23)27-16-29-30(37-20-36-29)18-28(27)38-31/h3-18,26H,19-20H2,1-2H3. The average Bonchev–Trinajstić information content (AvgIpc) is 3.42. The Balaban J connectivity index is 1.50. The molecular formula is C31H27NO6S. The number of benzene rings is 4. The van der Waals surface area contributed by atoms with Crippen molar-refractivity contribution in [3.8, 4) is 23.0 Å². The Morgan fingerprint density at radius 1 is 0.872 bits per heavy atom. The number of nitrogens with zero attached hydrogens (tertiary/aromatic N) is 1. The van der Waals surface area contributed by atoms with Crippen LogP contribution in [0.2, 0.25) is 0 Å². The second kappa shape index (κ2) is 10.0. The van der Waals surface area contributed by atoms with Crippen molar-refractivity contribution in [2.24, 2.45) is 0 Å². The summed E-state index contributed by atoms with van der Waals surface area (Å²) in [7, 11) is -2.36. The molecule has 0 fully saturated rings. The number of methoxy groups -OCH3 is 1. The number of allylic oxidation sites excluding steroid dienone is 1. The van der Waals surface area contributed by atoms with Gasteiger partial charge in [0.15, 0.2) is 11.5 Å². The highest BCUT2D eigenvalue weighted by atomic mass is 32.2. The van der Waals surface area contributed by atoms with Crippen LogP contribution in [0, 0.1) is 6.92 Å². The first-order chi connectivity index (χ1) is 18.9. The molecule has 8 heteroatoms. The summed E-state index contributed by atoms with van der Waals surface area (Å²) in [5, 5.41) is 0. The topological polar surface area (TPSA) is 74.3 Å². The first kappa shape index (κ1) is 24.9. The molecule has 0 bridgehead atoms. The number of aryl methyl sites for hydroxylation is 1. The van der Waals surface area contributed by atoms with Gasteiger partial charge in [-0.2, -0.15) is 0 Å². The van der Waals surface area contributed by atoms with Crippen molar-refractivity contribution < 1.29 is 27.4 Å². The van der Waals surface area contributed by atoms with Crippen LogP contribution < -0.4 is 18.9 Å². The molecule has 4 aromatic rings. The van der Waals surface area contributed by atoms with Crippen LogP contribution in [-0.4, -0.2) is 26.6 Å². The van der Waals surface area contributed by atoms with Crippen LogP contribution in [0.5, 0.6) is 23.0 Å². The Hall–Kier alpha value is -4.43. The van der Waals surface area contributed by atoms with Crippen molar-refractivity contribution in [3.63, 3.8) is 0 Å². The largest absolute Gasteiger partial charge is 0.497 e. The van der Waals surface area contributed by atoms with E-state index in [1.807, 2.05) is 73.7 Å². The van der Waals surface area contributed by atoms with Crippen LogP contribution in [-0.2, 0) is 16.6 Å². The highest BCUT2D eigenvalue weighted by molar-refractivity contribution is 7.89. The minimum Gasteiger partial charge on any atom is -0.497 e. The molecule has 39 heavy (non-hydrogen) atoms. The van der Waals surface area contributed by atoms with Gasteiger partial charge in [0.1, 0.15) is 11.5 Å². The monoisotopic (exact) mass is 541 g/mol. The third-order valence-electron chi connectivity index (χ3n) is 6.86. The van der Waals surface area contributed by atoms with E-state index in [9.17, 15) is 8.42 Å². The highest BCUT2D eigenvalue weighted by Crippen LogP contribution is 2.47. The fourth-order valence-electron chi connectivity index (χ4n) is 4.74. The van der Waals surface area contributed by atoms with Crippen molar-refractivity contribution in [2.45, 2.75) is 24.3 Å². The Morgan fingerprint density at radius 2 is 1.56 bits per heavy atom. The van der Waals surface area contributed by atoms with E-state index in [-0.39, 0.29) is 30.0 Å². The number of rotatable bonds is 7. The molecule has 198 valence electrons.